The average molecular weight is 434 g/mol. The third kappa shape index (κ3) is 4.81. The first-order valence-electron chi connectivity index (χ1n) is 8.97. The van der Waals surface area contributed by atoms with E-state index in [0.717, 1.165) is 12.1 Å². The Hall–Kier alpha value is -2.34. The van der Waals surface area contributed by atoms with Crippen LogP contribution in [-0.4, -0.2) is 62.9 Å². The Labute approximate surface area is 165 Å². The number of carbonyl (C=O) groups is 2. The maximum absolute atomic E-state index is 12.6. The van der Waals surface area contributed by atoms with E-state index < -0.39 is 27.7 Å². The Morgan fingerprint density at radius 2 is 1.72 bits per heavy atom. The summed E-state index contributed by atoms with van der Waals surface area (Å²) in [4.78, 5) is 26.4. The molecule has 2 saturated heterocycles. The molecule has 3 rings (SSSR count). The lowest BCUT2D eigenvalue weighted by Crippen LogP contribution is -2.57. The zero-order valence-corrected chi connectivity index (χ0v) is 16.2. The van der Waals surface area contributed by atoms with Crippen LogP contribution in [-0.2, 0) is 21.0 Å². The largest absolute Gasteiger partial charge is 0.416 e. The first-order valence-corrected chi connectivity index (χ1v) is 10.5. The molecule has 29 heavy (non-hydrogen) atoms. The molecule has 2 aliphatic heterocycles. The fourth-order valence-electron chi connectivity index (χ4n) is 3.36. The Kier molecular flexibility index (Phi) is 5.77. The second-order valence-electron chi connectivity index (χ2n) is 7.26. The zero-order valence-electron chi connectivity index (χ0n) is 15.4. The number of hydrogen-bond donors (Lipinski definition) is 2. The Morgan fingerprint density at radius 3 is 2.24 bits per heavy atom. The molecule has 0 aliphatic carbocycles. The molecule has 0 radical (unpaired) electrons. The van der Waals surface area contributed by atoms with Crippen molar-refractivity contribution in [3.8, 4) is 0 Å². The van der Waals surface area contributed by atoms with Crippen molar-refractivity contribution in [1.82, 2.24) is 14.5 Å². The molecule has 0 unspecified atom stereocenters. The van der Waals surface area contributed by atoms with Crippen LogP contribution in [0.3, 0.4) is 0 Å². The number of nitrogens with zero attached hydrogens (tertiary/aromatic N) is 2. The molecule has 3 N–H and O–H groups in total. The highest BCUT2D eigenvalue weighted by molar-refractivity contribution is 7.89. The summed E-state index contributed by atoms with van der Waals surface area (Å²) in [7, 11) is -3.95. The standard InChI is InChI=1S/C17H21F3N4O4S/c18-17(19,20)13-1-3-14(4-2-13)29(27,28)22-7-11-8-24(9-11)16(26)23-6-5-12(10-23)15(21)25/h1-4,11-12,22H,5-10H2,(H2,21,25)/t12-/m0/s1. The van der Waals surface area contributed by atoms with Gasteiger partial charge in [0.15, 0.2) is 0 Å². The topological polar surface area (TPSA) is 113 Å². The van der Waals surface area contributed by atoms with Crippen molar-refractivity contribution in [2.45, 2.75) is 17.5 Å². The van der Waals surface area contributed by atoms with Crippen molar-refractivity contribution < 1.29 is 31.2 Å². The minimum Gasteiger partial charge on any atom is -0.369 e. The number of nitrogens with one attached hydrogen (secondary N) is 1. The molecule has 0 aromatic heterocycles. The molecule has 0 saturated carbocycles. The summed E-state index contributed by atoms with van der Waals surface area (Å²) >= 11 is 0. The van der Waals surface area contributed by atoms with Crippen LogP contribution in [0.1, 0.15) is 12.0 Å². The molecular formula is C17H21F3N4O4S. The maximum atomic E-state index is 12.6. The molecule has 160 valence electrons. The normalized spacial score (nSPS) is 20.6. The second-order valence-corrected chi connectivity index (χ2v) is 9.03. The van der Waals surface area contributed by atoms with Gasteiger partial charge >= 0.3 is 12.2 Å². The van der Waals surface area contributed by atoms with Gasteiger partial charge in [0.05, 0.1) is 16.4 Å². The quantitative estimate of drug-likeness (QED) is 0.715. The van der Waals surface area contributed by atoms with Crippen LogP contribution >= 0.6 is 0 Å². The van der Waals surface area contributed by atoms with Gasteiger partial charge < -0.3 is 15.5 Å². The molecule has 1 aromatic rings. The maximum Gasteiger partial charge on any atom is 0.416 e. The van der Waals surface area contributed by atoms with Crippen molar-refractivity contribution in [2.24, 2.45) is 17.6 Å². The third-order valence-corrected chi connectivity index (χ3v) is 6.58. The monoisotopic (exact) mass is 434 g/mol. The number of likely N-dealkylation sites (tertiary alicyclic amines) is 2. The lowest BCUT2D eigenvalue weighted by molar-refractivity contribution is -0.137. The fourth-order valence-corrected chi connectivity index (χ4v) is 4.47. The van der Waals surface area contributed by atoms with Gasteiger partial charge in [-0.1, -0.05) is 0 Å². The van der Waals surface area contributed by atoms with E-state index >= 15 is 0 Å². The number of carbonyl (C=O) groups excluding carboxylic acids is 2. The smallest absolute Gasteiger partial charge is 0.369 e. The molecule has 2 heterocycles. The molecule has 1 atom stereocenters. The van der Waals surface area contributed by atoms with Gasteiger partial charge in [0.1, 0.15) is 0 Å². The molecule has 3 amide bonds. The number of nitrogens with two attached hydrogens (primary N) is 1. The SMILES string of the molecule is NC(=O)[C@H]1CCN(C(=O)N2CC(CNS(=O)(=O)c3ccc(C(F)(F)F)cc3)C2)C1. The van der Waals surface area contributed by atoms with E-state index in [2.05, 4.69) is 4.72 Å². The predicted molar refractivity (Wildman–Crippen MR) is 96.0 cm³/mol. The number of primary amides is 1. The number of urea groups is 1. The van der Waals surface area contributed by atoms with Crippen LogP contribution in [0.5, 0.6) is 0 Å². The van der Waals surface area contributed by atoms with Crippen LogP contribution in [0.15, 0.2) is 29.2 Å². The van der Waals surface area contributed by atoms with Crippen LogP contribution in [0.4, 0.5) is 18.0 Å². The molecule has 0 spiro atoms. The van der Waals surface area contributed by atoms with Crippen LogP contribution in [0, 0.1) is 11.8 Å². The molecule has 2 fully saturated rings. The number of alkyl halides is 3. The van der Waals surface area contributed by atoms with Gasteiger partial charge in [-0.05, 0) is 30.7 Å². The predicted octanol–water partition coefficient (Wildman–Crippen LogP) is 0.843. The summed E-state index contributed by atoms with van der Waals surface area (Å²) < 4.78 is 64.6. The van der Waals surface area contributed by atoms with E-state index in [-0.39, 0.29) is 35.9 Å². The summed E-state index contributed by atoms with van der Waals surface area (Å²) in [5, 5.41) is 0. The number of hydrogen-bond acceptors (Lipinski definition) is 4. The number of halogens is 3. The van der Waals surface area contributed by atoms with Gasteiger partial charge in [-0.2, -0.15) is 13.2 Å². The Balaban J connectivity index is 1.47. The second kappa shape index (κ2) is 7.82. The van der Waals surface area contributed by atoms with Crippen molar-refractivity contribution in [3.05, 3.63) is 29.8 Å². The van der Waals surface area contributed by atoms with Crippen molar-refractivity contribution in [3.63, 3.8) is 0 Å². The van der Waals surface area contributed by atoms with Gasteiger partial charge in [0.2, 0.25) is 15.9 Å². The van der Waals surface area contributed by atoms with Gasteiger partial charge in [-0.15, -0.1) is 0 Å². The lowest BCUT2D eigenvalue weighted by atomic mass is 10.0. The zero-order chi connectivity index (χ0) is 21.4. The number of amides is 3. The summed E-state index contributed by atoms with van der Waals surface area (Å²) in [5.74, 6) is -0.872. The van der Waals surface area contributed by atoms with E-state index in [0.29, 0.717) is 38.2 Å². The summed E-state index contributed by atoms with van der Waals surface area (Å²) in [6.07, 6.45) is -4.00. The minimum atomic E-state index is -4.54. The molecule has 12 heteroatoms. The van der Waals surface area contributed by atoms with E-state index in [1.807, 2.05) is 0 Å². The van der Waals surface area contributed by atoms with Crippen molar-refractivity contribution in [1.29, 1.82) is 0 Å². The number of benzene rings is 1. The van der Waals surface area contributed by atoms with Gasteiger partial charge in [-0.25, -0.2) is 17.9 Å². The average Bonchev–Trinajstić information content (AvgIpc) is 3.10. The van der Waals surface area contributed by atoms with E-state index in [9.17, 15) is 31.2 Å². The van der Waals surface area contributed by atoms with Gasteiger partial charge in [-0.3, -0.25) is 4.79 Å². The van der Waals surface area contributed by atoms with E-state index in [4.69, 9.17) is 5.73 Å². The molecule has 0 bridgehead atoms. The molecular weight excluding hydrogens is 413 g/mol. The molecule has 8 nitrogen and oxygen atoms in total. The first-order chi connectivity index (χ1) is 13.5. The highest BCUT2D eigenvalue weighted by Gasteiger charge is 2.37. The molecule has 2 aliphatic rings. The van der Waals surface area contributed by atoms with E-state index in [1.54, 1.807) is 9.80 Å². The summed E-state index contributed by atoms with van der Waals surface area (Å²) in [6, 6.07) is 3.03. The lowest BCUT2D eigenvalue weighted by Gasteiger charge is -2.41. The van der Waals surface area contributed by atoms with Crippen molar-refractivity contribution >= 4 is 22.0 Å². The molecule has 1 aromatic carbocycles. The van der Waals surface area contributed by atoms with Crippen molar-refractivity contribution in [2.75, 3.05) is 32.7 Å². The van der Waals surface area contributed by atoms with Crippen LogP contribution < -0.4 is 10.5 Å². The van der Waals surface area contributed by atoms with E-state index in [1.165, 1.54) is 0 Å². The summed E-state index contributed by atoms with van der Waals surface area (Å²) in [6.45, 7) is 1.51. The number of sulfonamides is 1. The fraction of sp³-hybridized carbons (Fsp3) is 0.529. The highest BCUT2D eigenvalue weighted by atomic mass is 32.2. The van der Waals surface area contributed by atoms with Crippen LogP contribution in [0.2, 0.25) is 0 Å². The van der Waals surface area contributed by atoms with Gasteiger partial charge in [0, 0.05) is 38.6 Å². The highest BCUT2D eigenvalue weighted by Crippen LogP contribution is 2.29. The number of rotatable bonds is 5. The van der Waals surface area contributed by atoms with Crippen LogP contribution in [0.25, 0.3) is 0 Å². The third-order valence-electron chi connectivity index (χ3n) is 5.14. The Morgan fingerprint density at radius 1 is 1.10 bits per heavy atom. The van der Waals surface area contributed by atoms with Gasteiger partial charge in [0.25, 0.3) is 0 Å². The Bertz CT molecular complexity index is 883. The summed E-state index contributed by atoms with van der Waals surface area (Å²) in [5.41, 5.74) is 4.33. The minimum absolute atomic E-state index is 0.0665. The first kappa shape index (κ1) is 21.4.